The highest BCUT2D eigenvalue weighted by atomic mass is 14.8. The van der Waals surface area contributed by atoms with Gasteiger partial charge in [-0.1, -0.05) is 79.9 Å². The van der Waals surface area contributed by atoms with Crippen LogP contribution in [0.25, 0.3) is 24.3 Å². The number of H-pyrrole nitrogens is 2. The monoisotopic (exact) mass is 390 g/mol. The van der Waals surface area contributed by atoms with Gasteiger partial charge in [0.1, 0.15) is 0 Å². The van der Waals surface area contributed by atoms with Crippen molar-refractivity contribution < 1.29 is 0 Å². The van der Waals surface area contributed by atoms with Crippen LogP contribution in [0.3, 0.4) is 0 Å². The van der Waals surface area contributed by atoms with Crippen molar-refractivity contribution in [2.75, 3.05) is 0 Å². The minimum Gasteiger partial charge on any atom is -0.364 e. The topological polar surface area (TPSA) is 31.6 Å². The van der Waals surface area contributed by atoms with Crippen LogP contribution in [0.5, 0.6) is 0 Å². The second-order valence-corrected chi connectivity index (χ2v) is 7.32. The Morgan fingerprint density at radius 3 is 2.17 bits per heavy atom. The molecule has 2 N–H and O–H groups in total. The maximum Gasteiger partial charge on any atom is 0.0432 e. The normalized spacial score (nSPS) is 12.1. The number of hydrogen-bond donors (Lipinski definition) is 2. The first-order chi connectivity index (χ1) is 14.8. The summed E-state index contributed by atoms with van der Waals surface area (Å²) in [5, 5.41) is 0. The Hall–Kier alpha value is -3.78. The molecule has 4 rings (SSSR count). The molecule has 4 aromatic rings. The number of benzene rings is 2. The van der Waals surface area contributed by atoms with E-state index in [1.165, 1.54) is 22.5 Å². The molecule has 0 amide bonds. The molecule has 148 valence electrons. The maximum absolute atomic E-state index is 3.97. The molecule has 2 heteroatoms. The molecular formula is C28H26N2. The maximum atomic E-state index is 3.97. The van der Waals surface area contributed by atoms with Gasteiger partial charge in [-0.3, -0.25) is 0 Å². The van der Waals surface area contributed by atoms with Crippen molar-refractivity contribution in [2.45, 2.75) is 12.3 Å². The molecule has 0 saturated heterocycles. The van der Waals surface area contributed by atoms with E-state index in [-0.39, 0.29) is 5.92 Å². The van der Waals surface area contributed by atoms with Gasteiger partial charge in [-0.2, -0.15) is 0 Å². The van der Waals surface area contributed by atoms with E-state index < -0.39 is 0 Å². The third-order valence-corrected chi connectivity index (χ3v) is 5.46. The predicted molar refractivity (Wildman–Crippen MR) is 129 cm³/mol. The van der Waals surface area contributed by atoms with Gasteiger partial charge in [0.25, 0.3) is 0 Å². The van der Waals surface area contributed by atoms with E-state index >= 15 is 0 Å². The Labute approximate surface area is 178 Å². The SMILES string of the molecule is C=Cc1ccccc1/C=C/c1ccc(C(Cc2ccccc2C=C)c2ccc[nH]2)[nH]1. The molecule has 0 spiro atoms. The average molecular weight is 391 g/mol. The average Bonchev–Trinajstić information content (AvgIpc) is 3.49. The minimum atomic E-state index is 0.212. The van der Waals surface area contributed by atoms with Gasteiger partial charge in [-0.15, -0.1) is 0 Å². The highest BCUT2D eigenvalue weighted by molar-refractivity contribution is 5.74. The zero-order valence-electron chi connectivity index (χ0n) is 17.0. The van der Waals surface area contributed by atoms with Crippen molar-refractivity contribution in [1.29, 1.82) is 0 Å². The summed E-state index contributed by atoms with van der Waals surface area (Å²) < 4.78 is 0. The molecule has 0 aliphatic rings. The second-order valence-electron chi connectivity index (χ2n) is 7.32. The molecule has 2 aromatic heterocycles. The van der Waals surface area contributed by atoms with Crippen molar-refractivity contribution in [2.24, 2.45) is 0 Å². The summed E-state index contributed by atoms with van der Waals surface area (Å²) in [5.74, 6) is 0.212. The number of rotatable bonds is 8. The molecule has 0 aliphatic heterocycles. The van der Waals surface area contributed by atoms with Crippen LogP contribution in [0.1, 0.15) is 45.3 Å². The lowest BCUT2D eigenvalue weighted by molar-refractivity contribution is 0.757. The summed E-state index contributed by atoms with van der Waals surface area (Å²) in [6.45, 7) is 7.88. The van der Waals surface area contributed by atoms with E-state index in [0.717, 1.165) is 23.2 Å². The van der Waals surface area contributed by atoms with Crippen molar-refractivity contribution in [3.05, 3.63) is 131 Å². The van der Waals surface area contributed by atoms with E-state index in [1.54, 1.807) is 0 Å². The smallest absolute Gasteiger partial charge is 0.0432 e. The Kier molecular flexibility index (Phi) is 5.95. The largest absolute Gasteiger partial charge is 0.364 e. The molecule has 0 fully saturated rings. The lowest BCUT2D eigenvalue weighted by Gasteiger charge is -2.16. The van der Waals surface area contributed by atoms with Crippen LogP contribution >= 0.6 is 0 Å². The van der Waals surface area contributed by atoms with Crippen molar-refractivity contribution in [3.63, 3.8) is 0 Å². The van der Waals surface area contributed by atoms with Gasteiger partial charge in [0.05, 0.1) is 0 Å². The van der Waals surface area contributed by atoms with Gasteiger partial charge < -0.3 is 9.97 Å². The summed E-state index contributed by atoms with van der Waals surface area (Å²) in [6.07, 6.45) is 10.9. The van der Waals surface area contributed by atoms with Crippen molar-refractivity contribution in [1.82, 2.24) is 9.97 Å². The highest BCUT2D eigenvalue weighted by Crippen LogP contribution is 2.29. The van der Waals surface area contributed by atoms with E-state index in [4.69, 9.17) is 0 Å². The van der Waals surface area contributed by atoms with Crippen LogP contribution in [-0.2, 0) is 6.42 Å². The van der Waals surface area contributed by atoms with E-state index in [2.05, 4.69) is 95.9 Å². The van der Waals surface area contributed by atoms with Crippen molar-refractivity contribution in [3.8, 4) is 0 Å². The molecule has 0 aliphatic carbocycles. The molecule has 1 unspecified atom stereocenters. The summed E-state index contributed by atoms with van der Waals surface area (Å²) >= 11 is 0. The lowest BCUT2D eigenvalue weighted by atomic mass is 9.91. The molecule has 1 atom stereocenters. The number of aromatic amines is 2. The van der Waals surface area contributed by atoms with Gasteiger partial charge in [-0.05, 0) is 59.0 Å². The Bertz CT molecular complexity index is 1160. The standard InChI is InChI=1S/C28H26N2/c1-3-21-10-5-7-12-23(21)15-16-25-17-18-28(30-25)26(27-14-9-19-29-27)20-24-13-8-6-11-22(24)4-2/h3-19,26,29-30H,1-2,20H2/b16-15+. The first-order valence-electron chi connectivity index (χ1n) is 10.2. The number of nitrogens with one attached hydrogen (secondary N) is 2. The Morgan fingerprint density at radius 2 is 1.43 bits per heavy atom. The van der Waals surface area contributed by atoms with Crippen LogP contribution in [0.15, 0.2) is 92.2 Å². The summed E-state index contributed by atoms with van der Waals surface area (Å²) in [6, 6.07) is 25.2. The molecule has 2 heterocycles. The van der Waals surface area contributed by atoms with Gasteiger partial charge in [-0.25, -0.2) is 0 Å². The Morgan fingerprint density at radius 1 is 0.700 bits per heavy atom. The van der Waals surface area contributed by atoms with Crippen LogP contribution in [0, 0.1) is 0 Å². The molecule has 2 aromatic carbocycles. The molecule has 0 bridgehead atoms. The number of aromatic nitrogens is 2. The first kappa shape index (κ1) is 19.5. The van der Waals surface area contributed by atoms with Gasteiger partial charge in [0.2, 0.25) is 0 Å². The minimum absolute atomic E-state index is 0.212. The fourth-order valence-corrected chi connectivity index (χ4v) is 3.85. The van der Waals surface area contributed by atoms with E-state index in [0.29, 0.717) is 0 Å². The molecule has 0 radical (unpaired) electrons. The fourth-order valence-electron chi connectivity index (χ4n) is 3.85. The summed E-state index contributed by atoms with van der Waals surface area (Å²) in [4.78, 5) is 7.01. The predicted octanol–water partition coefficient (Wildman–Crippen LogP) is 7.17. The van der Waals surface area contributed by atoms with Crippen LogP contribution < -0.4 is 0 Å². The third-order valence-electron chi connectivity index (χ3n) is 5.46. The van der Waals surface area contributed by atoms with Gasteiger partial charge in [0, 0.05) is 29.2 Å². The third kappa shape index (κ3) is 4.28. The van der Waals surface area contributed by atoms with Crippen molar-refractivity contribution >= 4 is 24.3 Å². The van der Waals surface area contributed by atoms with Crippen LogP contribution in [0.4, 0.5) is 0 Å². The van der Waals surface area contributed by atoms with Crippen LogP contribution in [-0.4, -0.2) is 9.97 Å². The number of hydrogen-bond acceptors (Lipinski definition) is 0. The van der Waals surface area contributed by atoms with Gasteiger partial charge in [0.15, 0.2) is 0 Å². The fraction of sp³-hybridized carbons (Fsp3) is 0.0714. The molecular weight excluding hydrogens is 364 g/mol. The van der Waals surface area contributed by atoms with Gasteiger partial charge >= 0.3 is 0 Å². The quantitative estimate of drug-likeness (QED) is 0.319. The van der Waals surface area contributed by atoms with E-state index in [1.807, 2.05) is 30.5 Å². The zero-order valence-corrected chi connectivity index (χ0v) is 17.0. The Balaban J connectivity index is 1.63. The molecule has 0 saturated carbocycles. The van der Waals surface area contributed by atoms with E-state index in [9.17, 15) is 0 Å². The first-order valence-corrected chi connectivity index (χ1v) is 10.2. The zero-order chi connectivity index (χ0) is 20.8. The molecule has 30 heavy (non-hydrogen) atoms. The summed E-state index contributed by atoms with van der Waals surface area (Å²) in [7, 11) is 0. The molecule has 2 nitrogen and oxygen atoms in total. The van der Waals surface area contributed by atoms with Crippen LogP contribution in [0.2, 0.25) is 0 Å². The summed E-state index contributed by atoms with van der Waals surface area (Å²) in [5.41, 5.74) is 8.23. The highest BCUT2D eigenvalue weighted by Gasteiger charge is 2.18. The lowest BCUT2D eigenvalue weighted by Crippen LogP contribution is -2.07. The second kappa shape index (κ2) is 9.15.